The lowest BCUT2D eigenvalue weighted by Gasteiger charge is -2.50. The largest absolute Gasteiger partial charge is 0.339 e. The third-order valence-corrected chi connectivity index (χ3v) is 22.4. The van der Waals surface area contributed by atoms with Crippen molar-refractivity contribution in [2.24, 2.45) is 0 Å². The van der Waals surface area contributed by atoms with Crippen molar-refractivity contribution >= 4 is 78.0 Å². The topological polar surface area (TPSA) is 146 Å². The molecular formula is C63H73Cl3N8O6S2. The maximum Gasteiger partial charge on any atom is 0.247 e. The van der Waals surface area contributed by atoms with E-state index in [2.05, 4.69) is 78.2 Å². The van der Waals surface area contributed by atoms with Gasteiger partial charge in [0.15, 0.2) is 0 Å². The minimum atomic E-state index is -3.57. The first-order valence-electron chi connectivity index (χ1n) is 28.3. The Bertz CT molecular complexity index is 3350. The molecule has 6 aromatic carbocycles. The minimum Gasteiger partial charge on any atom is -0.339 e. The average molecular weight is 1210 g/mol. The first kappa shape index (κ1) is 59.6. The summed E-state index contributed by atoms with van der Waals surface area (Å²) >= 11 is 17.2. The standard InChI is InChI=1S/C31H34Cl2N4O3S.C31H36N4O3S.CH3Cl/c32-27-13-12-24(20-28(27)33)30(21-36(22-30)41(39,40)26-10-5-2-6-11-26)14-7-17-35-18-15-31(16-19-35)29(38)34-23-37(31)25-8-3-1-4-9-25;36-29-31(35(25-32-29)27-13-6-2-7-14-27)18-21-33(22-19-31)20-10-17-30(26-11-4-1-5-12-26)23-34(24-30)39(37,38)28-15-8-3-9-16-28;1-2/h1-6,8-13,20H,7,14-19,21-23H2,(H,34,38);1-9,11-16H,10,17-25H2,(H,32,36);1H3. The number of alkyl halides is 1. The van der Waals surface area contributed by atoms with E-state index in [1.807, 2.05) is 78.9 Å². The van der Waals surface area contributed by atoms with Crippen LogP contribution in [0.5, 0.6) is 0 Å². The van der Waals surface area contributed by atoms with Crippen LogP contribution in [-0.4, -0.2) is 143 Å². The van der Waals surface area contributed by atoms with E-state index in [1.54, 1.807) is 63.2 Å². The molecule has 0 radical (unpaired) electrons. The molecule has 0 aliphatic carbocycles. The molecule has 2 N–H and O–H groups in total. The molecule has 14 nitrogen and oxygen atoms in total. The van der Waals surface area contributed by atoms with Crippen molar-refractivity contribution in [2.45, 2.75) is 83.1 Å². The number of carbonyl (C=O) groups is 2. The van der Waals surface area contributed by atoms with Crippen molar-refractivity contribution in [3.63, 3.8) is 0 Å². The van der Waals surface area contributed by atoms with Gasteiger partial charge in [0.1, 0.15) is 11.1 Å². The third-order valence-electron chi connectivity index (χ3n) is 18.0. The van der Waals surface area contributed by atoms with Gasteiger partial charge < -0.3 is 30.2 Å². The molecule has 6 saturated heterocycles. The van der Waals surface area contributed by atoms with Crippen LogP contribution in [0.1, 0.15) is 62.5 Å². The number of piperidine rings is 2. The molecular weight excluding hydrogens is 1140 g/mol. The van der Waals surface area contributed by atoms with E-state index >= 15 is 0 Å². The summed E-state index contributed by atoms with van der Waals surface area (Å²) in [6, 6.07) is 53.7. The van der Waals surface area contributed by atoms with Gasteiger partial charge in [-0.25, -0.2) is 16.8 Å². The van der Waals surface area contributed by atoms with Crippen LogP contribution >= 0.6 is 34.8 Å². The molecule has 6 heterocycles. The number of anilines is 2. The molecule has 434 valence electrons. The Labute approximate surface area is 499 Å². The lowest BCUT2D eigenvalue weighted by molar-refractivity contribution is -0.125. The summed E-state index contributed by atoms with van der Waals surface area (Å²) in [5, 5.41) is 7.12. The number of benzene rings is 6. The van der Waals surface area contributed by atoms with Crippen LogP contribution in [0.15, 0.2) is 180 Å². The maximum atomic E-state index is 13.3. The fourth-order valence-corrected chi connectivity index (χ4v) is 16.9. The predicted octanol–water partition coefficient (Wildman–Crippen LogP) is 9.84. The zero-order chi connectivity index (χ0) is 57.6. The molecule has 6 aliphatic heterocycles. The maximum absolute atomic E-state index is 13.3. The van der Waals surface area contributed by atoms with Crippen LogP contribution in [0.3, 0.4) is 0 Å². The van der Waals surface area contributed by atoms with E-state index < -0.39 is 31.1 Å². The first-order chi connectivity index (χ1) is 39.7. The molecule has 6 aromatic rings. The Morgan fingerprint density at radius 2 is 0.805 bits per heavy atom. The van der Waals surface area contributed by atoms with Crippen LogP contribution in [0.2, 0.25) is 10.0 Å². The van der Waals surface area contributed by atoms with Crippen molar-refractivity contribution < 1.29 is 26.4 Å². The summed E-state index contributed by atoms with van der Waals surface area (Å²) in [7, 11) is -7.06. The number of likely N-dealkylation sites (tertiary alicyclic amines) is 2. The molecule has 0 atom stereocenters. The highest BCUT2D eigenvalue weighted by Crippen LogP contribution is 2.45. The summed E-state index contributed by atoms with van der Waals surface area (Å²) in [5.41, 5.74) is 2.92. The zero-order valence-electron chi connectivity index (χ0n) is 46.4. The second kappa shape index (κ2) is 25.4. The Hall–Kier alpha value is -5.53. The average Bonchev–Trinajstić information content (AvgIpc) is 3.90. The summed E-state index contributed by atoms with van der Waals surface area (Å²) in [4.78, 5) is 36.0. The number of hydrogen-bond donors (Lipinski definition) is 2. The number of rotatable bonds is 16. The smallest absolute Gasteiger partial charge is 0.247 e. The highest BCUT2D eigenvalue weighted by molar-refractivity contribution is 7.89. The lowest BCUT2D eigenvalue weighted by atomic mass is 9.71. The van der Waals surface area contributed by atoms with Crippen molar-refractivity contribution in [1.82, 2.24) is 29.0 Å². The SMILES string of the molecule is CCl.O=C1NCN(c2ccccc2)C12CCN(CCCC1(c3ccc(Cl)c(Cl)c3)CN(S(=O)(=O)c3ccccc3)C1)CC2.O=C1NCN(c2ccccc2)C12CCN(CCCC1(c3ccccc3)CN(S(=O)(=O)c3ccccc3)C1)CC2. The summed E-state index contributed by atoms with van der Waals surface area (Å²) in [5.74, 6) is 0.261. The first-order valence-corrected chi connectivity index (χ1v) is 32.7. The van der Waals surface area contributed by atoms with Crippen molar-refractivity contribution in [2.75, 3.05) is 95.0 Å². The van der Waals surface area contributed by atoms with Gasteiger partial charge in [-0.2, -0.15) is 8.61 Å². The Morgan fingerprint density at radius 3 is 1.18 bits per heavy atom. The molecule has 0 saturated carbocycles. The van der Waals surface area contributed by atoms with Gasteiger partial charge in [0.2, 0.25) is 31.9 Å². The van der Waals surface area contributed by atoms with E-state index in [1.165, 1.54) is 11.9 Å². The van der Waals surface area contributed by atoms with E-state index in [-0.39, 0.29) is 22.6 Å². The predicted molar refractivity (Wildman–Crippen MR) is 328 cm³/mol. The summed E-state index contributed by atoms with van der Waals surface area (Å²) in [6.07, 6.45) is 8.27. The van der Waals surface area contributed by atoms with E-state index in [0.717, 1.165) is 108 Å². The van der Waals surface area contributed by atoms with Crippen molar-refractivity contribution in [3.8, 4) is 0 Å². The Balaban J connectivity index is 0.000000179. The highest BCUT2D eigenvalue weighted by Gasteiger charge is 2.54. The molecule has 82 heavy (non-hydrogen) atoms. The second-order valence-electron chi connectivity index (χ2n) is 22.5. The zero-order valence-corrected chi connectivity index (χ0v) is 50.3. The van der Waals surface area contributed by atoms with Gasteiger partial charge in [-0.05, 0) is 136 Å². The van der Waals surface area contributed by atoms with Gasteiger partial charge >= 0.3 is 0 Å². The van der Waals surface area contributed by atoms with Crippen molar-refractivity contribution in [3.05, 3.63) is 191 Å². The lowest BCUT2D eigenvalue weighted by Crippen LogP contribution is -2.61. The van der Waals surface area contributed by atoms with E-state index in [4.69, 9.17) is 23.2 Å². The van der Waals surface area contributed by atoms with Crippen LogP contribution in [0.25, 0.3) is 0 Å². The van der Waals surface area contributed by atoms with Gasteiger partial charge in [-0.3, -0.25) is 9.59 Å². The molecule has 0 unspecified atom stereocenters. The van der Waals surface area contributed by atoms with E-state index in [9.17, 15) is 26.4 Å². The molecule has 2 spiro atoms. The summed E-state index contributed by atoms with van der Waals surface area (Å²) < 4.78 is 56.2. The van der Waals surface area contributed by atoms with Gasteiger partial charge in [0, 0.05) is 80.9 Å². The van der Waals surface area contributed by atoms with Crippen LogP contribution in [0, 0.1) is 0 Å². The number of hydrogen-bond acceptors (Lipinski definition) is 10. The fourth-order valence-electron chi connectivity index (χ4n) is 13.3. The normalized spacial score (nSPS) is 20.4. The molecule has 0 bridgehead atoms. The fraction of sp³-hybridized carbons (Fsp3) is 0.397. The van der Waals surface area contributed by atoms with Crippen molar-refractivity contribution in [1.29, 1.82) is 0 Å². The monoisotopic (exact) mass is 1210 g/mol. The highest BCUT2D eigenvalue weighted by atomic mass is 35.5. The van der Waals surface area contributed by atoms with Gasteiger partial charge in [-0.1, -0.05) is 132 Å². The van der Waals surface area contributed by atoms with E-state index in [0.29, 0.717) is 59.4 Å². The molecule has 6 fully saturated rings. The Morgan fingerprint density at radius 1 is 0.451 bits per heavy atom. The third kappa shape index (κ3) is 11.9. The minimum absolute atomic E-state index is 0.119. The molecule has 12 rings (SSSR count). The number of para-hydroxylation sites is 2. The molecule has 0 aromatic heterocycles. The molecule has 6 aliphatic rings. The van der Waals surface area contributed by atoms with Crippen LogP contribution in [-0.2, 0) is 40.5 Å². The number of nitrogens with one attached hydrogen (secondary N) is 2. The quantitative estimate of drug-likeness (QED) is 0.0899. The number of sulfonamides is 2. The number of carbonyl (C=O) groups excluding carboxylic acids is 2. The van der Waals surface area contributed by atoms with Crippen LogP contribution in [0.4, 0.5) is 11.4 Å². The Kier molecular flexibility index (Phi) is 18.4. The second-order valence-corrected chi connectivity index (χ2v) is 27.2. The van der Waals surface area contributed by atoms with Gasteiger partial charge in [0.05, 0.1) is 33.2 Å². The number of halogens is 3. The van der Waals surface area contributed by atoms with Gasteiger partial charge in [0.25, 0.3) is 0 Å². The number of nitrogens with zero attached hydrogens (tertiary/aromatic N) is 6. The molecule has 19 heteroatoms. The van der Waals surface area contributed by atoms with Crippen LogP contribution < -0.4 is 20.4 Å². The molecule has 2 amide bonds. The number of amides is 2. The summed E-state index contributed by atoms with van der Waals surface area (Å²) in [6.45, 7) is 8.17. The van der Waals surface area contributed by atoms with Gasteiger partial charge in [-0.15, -0.1) is 11.6 Å².